The molecule has 0 heterocycles. The largest absolute Gasteiger partial charge is 0.310 e. The summed E-state index contributed by atoms with van der Waals surface area (Å²) in [5.41, 5.74) is 15.8. The van der Waals surface area contributed by atoms with E-state index in [1.807, 2.05) is 62.4 Å². The Morgan fingerprint density at radius 3 is 0.909 bits per heavy atom. The molecule has 0 atom stereocenters. The van der Waals surface area contributed by atoms with Gasteiger partial charge in [-0.1, -0.05) is 107 Å². The van der Waals surface area contributed by atoms with Gasteiger partial charge in [0.05, 0.1) is 23.0 Å². The summed E-state index contributed by atoms with van der Waals surface area (Å²) in [4.78, 5) is 4.63. The van der Waals surface area contributed by atoms with Crippen LogP contribution in [-0.2, 0) is 41.8 Å². The molecule has 0 unspecified atom stereocenters. The van der Waals surface area contributed by atoms with Gasteiger partial charge in [0.2, 0.25) is 0 Å². The Morgan fingerprint density at radius 2 is 0.621 bits per heavy atom. The lowest BCUT2D eigenvalue weighted by atomic mass is 9.98. The fourth-order valence-corrected chi connectivity index (χ4v) is 9.53. The Morgan fingerprint density at radius 1 is 0.348 bits per heavy atom. The van der Waals surface area contributed by atoms with Crippen LogP contribution >= 0.6 is 0 Å². The number of aryl methyl sites for hydroxylation is 6. The molecule has 8 aromatic carbocycles. The predicted molar refractivity (Wildman–Crippen MR) is 266 cm³/mol. The average molecular weight is 913 g/mol. The van der Waals surface area contributed by atoms with Crippen LogP contribution in [0, 0.1) is 41.5 Å². The van der Waals surface area contributed by atoms with Crippen molar-refractivity contribution in [2.75, 3.05) is 9.80 Å². The minimum absolute atomic E-state index is 0.106. The molecule has 0 saturated carbocycles. The molecule has 0 amide bonds. The van der Waals surface area contributed by atoms with Gasteiger partial charge in [0.1, 0.15) is 0 Å². The summed E-state index contributed by atoms with van der Waals surface area (Å²) >= 11 is 0. The number of anilines is 6. The molecule has 8 aromatic rings. The highest BCUT2D eigenvalue weighted by atomic mass is 32.2. The molecule has 8 rings (SSSR count). The van der Waals surface area contributed by atoms with Gasteiger partial charge < -0.3 is 9.80 Å². The van der Waals surface area contributed by atoms with Gasteiger partial charge in [-0.15, -0.1) is 0 Å². The molecule has 0 saturated heterocycles. The molecule has 0 spiro atoms. The maximum absolute atomic E-state index is 13.0. The first-order valence-electron chi connectivity index (χ1n) is 21.7. The third kappa shape index (κ3) is 10.5. The van der Waals surface area contributed by atoms with E-state index in [0.29, 0.717) is 11.1 Å². The lowest BCUT2D eigenvalue weighted by Gasteiger charge is -2.28. The van der Waals surface area contributed by atoms with E-state index in [1.54, 1.807) is 48.5 Å². The third-order valence-corrected chi connectivity index (χ3v) is 14.1. The van der Waals surface area contributed by atoms with Gasteiger partial charge >= 0.3 is 0 Å². The van der Waals surface area contributed by atoms with Crippen LogP contribution in [0.2, 0.25) is 0 Å². The Balaban J connectivity index is 1.09. The fourth-order valence-electron chi connectivity index (χ4n) is 7.73. The molecule has 0 aromatic heterocycles. The second-order valence-corrected chi connectivity index (χ2v) is 20.0. The third-order valence-electron chi connectivity index (χ3n) is 11.6. The Hall–Kier alpha value is -6.82. The van der Waals surface area contributed by atoms with Crippen molar-refractivity contribution >= 4 is 54.4 Å². The summed E-state index contributed by atoms with van der Waals surface area (Å²) in [6.07, 6.45) is 0. The molecule has 0 aliphatic heterocycles. The zero-order chi connectivity index (χ0) is 46.6. The topological polar surface area (TPSA) is 93.2 Å². The fraction of sp³-hybridized carbons (Fsp3) is 0.143. The highest BCUT2D eigenvalue weighted by Crippen LogP contribution is 2.41. The van der Waals surface area contributed by atoms with Crippen LogP contribution < -0.4 is 9.80 Å². The molecule has 66 heavy (non-hydrogen) atoms. The Labute approximate surface area is 389 Å². The molecule has 0 aliphatic rings. The van der Waals surface area contributed by atoms with Crippen molar-refractivity contribution in [1.29, 1.82) is 0 Å². The lowest BCUT2D eigenvalue weighted by molar-refractivity contribution is 0.307. The van der Waals surface area contributed by atoms with Crippen molar-refractivity contribution in [3.05, 3.63) is 226 Å². The number of rotatable bonds is 15. The van der Waals surface area contributed by atoms with Gasteiger partial charge in [-0.2, -0.15) is 16.8 Å². The molecule has 0 bridgehead atoms. The summed E-state index contributed by atoms with van der Waals surface area (Å²) in [5, 5.41) is 0. The standard InChI is InChI=1S/C56H52N2O6S2/c1-39-7-21-49(22-8-39)57(50-23-9-40(2)10-24-50)55-33-19-47(35-43(55)5)48-20-34-56(44(6)36-48)58(51-25-15-45(16-26-51)37-63-65(59,60)53-29-11-41(3)12-30-53)52-27-17-46(18-28-52)38-64-66(61,62)54-31-13-42(4)14-32-54/h7-36H,37-38H2,1-6H3. The Kier molecular flexibility index (Phi) is 13.4. The summed E-state index contributed by atoms with van der Waals surface area (Å²) in [5.74, 6) is 0. The monoisotopic (exact) mass is 912 g/mol. The average Bonchev–Trinajstić information content (AvgIpc) is 3.31. The van der Waals surface area contributed by atoms with E-state index in [4.69, 9.17) is 8.37 Å². The van der Waals surface area contributed by atoms with Crippen LogP contribution in [0.1, 0.15) is 44.5 Å². The molecule has 0 N–H and O–H groups in total. The molecular weight excluding hydrogens is 861 g/mol. The predicted octanol–water partition coefficient (Wildman–Crippen LogP) is 14.0. The lowest BCUT2D eigenvalue weighted by Crippen LogP contribution is -2.12. The number of nitrogens with zero attached hydrogens (tertiary/aromatic N) is 2. The van der Waals surface area contributed by atoms with Crippen molar-refractivity contribution in [2.24, 2.45) is 0 Å². The van der Waals surface area contributed by atoms with Gasteiger partial charge in [0.25, 0.3) is 20.2 Å². The maximum Gasteiger partial charge on any atom is 0.297 e. The van der Waals surface area contributed by atoms with Gasteiger partial charge in [-0.3, -0.25) is 8.37 Å². The van der Waals surface area contributed by atoms with Gasteiger partial charge in [-0.05, 0) is 172 Å². The van der Waals surface area contributed by atoms with Crippen LogP contribution in [0.5, 0.6) is 0 Å². The molecular formula is C56H52N2O6S2. The van der Waals surface area contributed by atoms with Crippen LogP contribution in [0.3, 0.4) is 0 Å². The van der Waals surface area contributed by atoms with Crippen molar-refractivity contribution in [2.45, 2.75) is 64.5 Å². The van der Waals surface area contributed by atoms with Gasteiger partial charge in [0, 0.05) is 34.1 Å². The van der Waals surface area contributed by atoms with Crippen LogP contribution in [0.25, 0.3) is 11.1 Å². The molecule has 334 valence electrons. The van der Waals surface area contributed by atoms with E-state index in [1.165, 1.54) is 11.1 Å². The van der Waals surface area contributed by atoms with E-state index in [-0.39, 0.29) is 23.0 Å². The normalized spacial score (nSPS) is 11.7. The van der Waals surface area contributed by atoms with E-state index in [9.17, 15) is 16.8 Å². The number of hydrogen-bond donors (Lipinski definition) is 0. The van der Waals surface area contributed by atoms with Crippen molar-refractivity contribution in [1.82, 2.24) is 0 Å². The minimum atomic E-state index is -3.96. The highest BCUT2D eigenvalue weighted by Gasteiger charge is 2.20. The van der Waals surface area contributed by atoms with Crippen LogP contribution in [0.4, 0.5) is 34.1 Å². The number of benzene rings is 8. The summed E-state index contributed by atoms with van der Waals surface area (Å²) in [6, 6.07) is 58.5. The molecule has 10 heteroatoms. The summed E-state index contributed by atoms with van der Waals surface area (Å²) < 4.78 is 62.8. The molecule has 0 fully saturated rings. The maximum atomic E-state index is 13.0. The highest BCUT2D eigenvalue weighted by molar-refractivity contribution is 7.87. The van der Waals surface area contributed by atoms with Crippen LogP contribution in [-0.4, -0.2) is 16.8 Å². The zero-order valence-corrected chi connectivity index (χ0v) is 39.5. The Bertz CT molecular complexity index is 3020. The number of hydrogen-bond acceptors (Lipinski definition) is 8. The van der Waals surface area contributed by atoms with Crippen molar-refractivity contribution in [3.8, 4) is 11.1 Å². The van der Waals surface area contributed by atoms with Crippen molar-refractivity contribution < 1.29 is 25.2 Å². The second-order valence-electron chi connectivity index (χ2n) is 16.7. The first-order valence-corrected chi connectivity index (χ1v) is 24.5. The zero-order valence-electron chi connectivity index (χ0n) is 37.9. The van der Waals surface area contributed by atoms with Gasteiger partial charge in [0.15, 0.2) is 0 Å². The SMILES string of the molecule is Cc1ccc(N(c2ccc(C)cc2)c2ccc(-c3ccc(N(c4ccc(COS(=O)(=O)c5ccc(C)cc5)cc4)c4ccc(COS(=O)(=O)c5ccc(C)cc5)cc4)c(C)c3)cc2C)cc1. The smallest absolute Gasteiger partial charge is 0.297 e. The second kappa shape index (κ2) is 19.3. The van der Waals surface area contributed by atoms with E-state index in [2.05, 4.69) is 122 Å². The molecule has 0 radical (unpaired) electrons. The van der Waals surface area contributed by atoms with E-state index < -0.39 is 20.2 Å². The minimum Gasteiger partial charge on any atom is -0.310 e. The van der Waals surface area contributed by atoms with E-state index >= 15 is 0 Å². The van der Waals surface area contributed by atoms with E-state index in [0.717, 1.165) is 67.5 Å². The molecule has 8 nitrogen and oxygen atoms in total. The molecule has 0 aliphatic carbocycles. The van der Waals surface area contributed by atoms with Gasteiger partial charge in [-0.25, -0.2) is 0 Å². The first-order chi connectivity index (χ1) is 31.6. The summed E-state index contributed by atoms with van der Waals surface area (Å²) in [7, 11) is -7.91. The van der Waals surface area contributed by atoms with Crippen LogP contribution in [0.15, 0.2) is 192 Å². The quantitative estimate of drug-likeness (QED) is 0.0939. The first kappa shape index (κ1) is 45.7. The van der Waals surface area contributed by atoms with Crippen molar-refractivity contribution in [3.63, 3.8) is 0 Å². The summed E-state index contributed by atoms with van der Waals surface area (Å²) in [6.45, 7) is 12.0.